The zero-order valence-corrected chi connectivity index (χ0v) is 12.9. The van der Waals surface area contributed by atoms with Crippen molar-refractivity contribution in [2.24, 2.45) is 0 Å². The van der Waals surface area contributed by atoms with Gasteiger partial charge in [-0.25, -0.2) is 8.78 Å². The molecule has 27 heavy (non-hydrogen) atoms. The van der Waals surface area contributed by atoms with Gasteiger partial charge in [0.15, 0.2) is 0 Å². The number of alkyl halides is 14. The molecule has 164 valence electrons. The molecule has 15 heteroatoms. The molecule has 0 spiro atoms. The van der Waals surface area contributed by atoms with Gasteiger partial charge in [0, 0.05) is 6.42 Å². The third-order valence-corrected chi connectivity index (χ3v) is 3.51. The van der Waals surface area contributed by atoms with E-state index in [-0.39, 0.29) is 0 Å². The van der Waals surface area contributed by atoms with E-state index in [4.69, 9.17) is 5.11 Å². The van der Waals surface area contributed by atoms with Crippen LogP contribution in [0.5, 0.6) is 0 Å². The highest BCUT2D eigenvalue weighted by molar-refractivity contribution is 4.96. The fraction of sp³-hybridized carbons (Fsp3) is 1.00. The molecule has 0 aromatic heterocycles. The molecule has 0 aromatic rings. The Morgan fingerprint density at radius 3 is 1.33 bits per heavy atom. The van der Waals surface area contributed by atoms with Crippen LogP contribution in [0.1, 0.15) is 32.1 Å². The van der Waals surface area contributed by atoms with Crippen LogP contribution in [0.2, 0.25) is 0 Å². The van der Waals surface area contributed by atoms with Crippen LogP contribution >= 0.6 is 0 Å². The van der Waals surface area contributed by atoms with Crippen LogP contribution in [0.15, 0.2) is 0 Å². The Morgan fingerprint density at radius 2 is 1.04 bits per heavy atom. The summed E-state index contributed by atoms with van der Waals surface area (Å²) in [7, 11) is 0. The third kappa shape index (κ3) is 6.82. The van der Waals surface area contributed by atoms with Crippen molar-refractivity contribution in [1.29, 1.82) is 0 Å². The van der Waals surface area contributed by atoms with Gasteiger partial charge in [0.05, 0.1) is 12.5 Å². The van der Waals surface area contributed by atoms with Gasteiger partial charge >= 0.3 is 30.4 Å². The average molecular weight is 438 g/mol. The van der Waals surface area contributed by atoms with Gasteiger partial charge in [-0.15, -0.1) is 0 Å². The molecule has 0 aliphatic rings. The third-order valence-electron chi connectivity index (χ3n) is 3.51. The van der Waals surface area contributed by atoms with Crippen molar-refractivity contribution < 1.29 is 66.6 Å². The van der Waals surface area contributed by atoms with Crippen LogP contribution in [0.3, 0.4) is 0 Å². The molecular weight excluding hydrogens is 426 g/mol. The molecule has 0 aliphatic heterocycles. The number of rotatable bonds is 7. The summed E-state index contributed by atoms with van der Waals surface area (Å²) in [6, 6.07) is 0. The summed E-state index contributed by atoms with van der Waals surface area (Å²) in [6.45, 7) is 0. The quantitative estimate of drug-likeness (QED) is 0.487. The van der Waals surface area contributed by atoms with E-state index in [0.717, 1.165) is 0 Å². The van der Waals surface area contributed by atoms with E-state index in [1.54, 1.807) is 0 Å². The predicted molar refractivity (Wildman–Crippen MR) is 61.0 cm³/mol. The lowest BCUT2D eigenvalue weighted by molar-refractivity contribution is -0.347. The first-order valence-corrected chi connectivity index (χ1v) is 6.88. The molecule has 0 aliphatic carbocycles. The second-order valence-electron chi connectivity index (χ2n) is 5.80. The van der Waals surface area contributed by atoms with Crippen LogP contribution in [0.4, 0.5) is 61.5 Å². The maximum absolute atomic E-state index is 13.6. The van der Waals surface area contributed by atoms with Crippen molar-refractivity contribution in [1.82, 2.24) is 0 Å². The van der Waals surface area contributed by atoms with E-state index in [1.165, 1.54) is 0 Å². The monoisotopic (exact) mass is 438 g/mol. The zero-order valence-electron chi connectivity index (χ0n) is 12.9. The van der Waals surface area contributed by atoms with E-state index >= 15 is 0 Å². The van der Waals surface area contributed by atoms with E-state index in [9.17, 15) is 61.5 Å². The average Bonchev–Trinajstić information content (AvgIpc) is 2.31. The minimum absolute atomic E-state index is 1.39. The van der Waals surface area contributed by atoms with Crippen LogP contribution in [-0.2, 0) is 0 Å². The first-order valence-electron chi connectivity index (χ1n) is 6.88. The van der Waals surface area contributed by atoms with Crippen molar-refractivity contribution in [3.8, 4) is 0 Å². The molecule has 1 N–H and O–H groups in total. The normalized spacial score (nSPS) is 18.3. The van der Waals surface area contributed by atoms with E-state index in [0.29, 0.717) is 0 Å². The first kappa shape index (κ1) is 26.0. The molecule has 0 aromatic carbocycles. The van der Waals surface area contributed by atoms with Crippen LogP contribution in [0.25, 0.3) is 0 Å². The Balaban J connectivity index is 5.11. The molecule has 2 unspecified atom stereocenters. The van der Waals surface area contributed by atoms with E-state index in [2.05, 4.69) is 0 Å². The van der Waals surface area contributed by atoms with Crippen LogP contribution in [0, 0.1) is 0 Å². The fourth-order valence-corrected chi connectivity index (χ4v) is 2.08. The molecule has 1 nitrogen and oxygen atoms in total. The van der Waals surface area contributed by atoms with Crippen molar-refractivity contribution in [2.45, 2.75) is 74.3 Å². The number of aliphatic hydroxyl groups excluding tert-OH is 1. The molecule has 0 fully saturated rings. The number of hydrogen-bond acceptors (Lipinski definition) is 1. The molecule has 0 heterocycles. The summed E-state index contributed by atoms with van der Waals surface area (Å²) < 4.78 is 174. The standard InChI is InChI=1S/C12H12F14O/c13-7(10(18,19)20,5-9(15,16)17)3-1-2-6(27)4-8(14,11(21,22)23)12(24,25)26/h6,27H,1-5H2. The minimum Gasteiger partial charge on any atom is -0.393 e. The summed E-state index contributed by atoms with van der Waals surface area (Å²) in [5.74, 6) is 0. The van der Waals surface area contributed by atoms with Gasteiger partial charge in [-0.05, 0) is 19.3 Å². The minimum atomic E-state index is -6.53. The maximum Gasteiger partial charge on any atom is 0.431 e. The van der Waals surface area contributed by atoms with Crippen molar-refractivity contribution in [3.63, 3.8) is 0 Å². The molecule has 2 atom stereocenters. The maximum atomic E-state index is 13.6. The Labute approximate surface area is 142 Å². The van der Waals surface area contributed by atoms with Crippen molar-refractivity contribution in [2.75, 3.05) is 0 Å². The summed E-state index contributed by atoms with van der Waals surface area (Å²) >= 11 is 0. The lowest BCUT2D eigenvalue weighted by atomic mass is 9.90. The zero-order chi connectivity index (χ0) is 22.1. The molecule has 0 rings (SSSR count). The lowest BCUT2D eigenvalue weighted by Gasteiger charge is -2.32. The van der Waals surface area contributed by atoms with Gasteiger partial charge < -0.3 is 5.11 Å². The SMILES string of the molecule is OC(CCCC(F)(CC(F)(F)F)C(F)(F)F)CC(F)(C(F)(F)F)C(F)(F)F. The Morgan fingerprint density at radius 1 is 0.630 bits per heavy atom. The molecular formula is C12H12F14O. The molecule has 0 bridgehead atoms. The lowest BCUT2D eigenvalue weighted by Crippen LogP contribution is -2.55. The molecule has 0 radical (unpaired) electrons. The Bertz CT molecular complexity index is 458. The molecule has 0 saturated heterocycles. The predicted octanol–water partition coefficient (Wildman–Crippen LogP) is 5.96. The van der Waals surface area contributed by atoms with Crippen molar-refractivity contribution in [3.05, 3.63) is 0 Å². The summed E-state index contributed by atoms with van der Waals surface area (Å²) in [4.78, 5) is 0. The summed E-state index contributed by atoms with van der Waals surface area (Å²) in [6.07, 6.45) is -38.1. The first-order chi connectivity index (χ1) is 11.6. The van der Waals surface area contributed by atoms with Gasteiger partial charge in [0.1, 0.15) is 0 Å². The molecule has 0 amide bonds. The Hall–Kier alpha value is -1.02. The fourth-order valence-electron chi connectivity index (χ4n) is 2.08. The summed E-state index contributed by atoms with van der Waals surface area (Å²) in [5, 5.41) is 9.08. The Kier molecular flexibility index (Phi) is 7.48. The van der Waals surface area contributed by atoms with Gasteiger partial charge in [0.2, 0.25) is 5.67 Å². The van der Waals surface area contributed by atoms with Gasteiger partial charge in [0.25, 0.3) is 0 Å². The van der Waals surface area contributed by atoms with Gasteiger partial charge in [-0.3, -0.25) is 0 Å². The highest BCUT2D eigenvalue weighted by atomic mass is 19.4. The number of halogens is 14. The highest BCUT2D eigenvalue weighted by Crippen LogP contribution is 2.50. The topological polar surface area (TPSA) is 20.2 Å². The number of aliphatic hydroxyl groups is 1. The largest absolute Gasteiger partial charge is 0.431 e. The number of hydrogen-bond donors (Lipinski definition) is 1. The molecule has 0 saturated carbocycles. The second-order valence-corrected chi connectivity index (χ2v) is 5.80. The van der Waals surface area contributed by atoms with Crippen LogP contribution < -0.4 is 0 Å². The summed E-state index contributed by atoms with van der Waals surface area (Å²) in [5.41, 5.74) is -10.8. The van der Waals surface area contributed by atoms with Crippen LogP contribution in [-0.4, -0.2) is 47.3 Å². The van der Waals surface area contributed by atoms with Gasteiger partial charge in [-0.1, -0.05) is 0 Å². The van der Waals surface area contributed by atoms with E-state index < -0.39 is 74.3 Å². The highest BCUT2D eigenvalue weighted by Gasteiger charge is 2.72. The van der Waals surface area contributed by atoms with Crippen molar-refractivity contribution >= 4 is 0 Å². The second kappa shape index (κ2) is 7.78. The smallest absolute Gasteiger partial charge is 0.393 e. The van der Waals surface area contributed by atoms with Gasteiger partial charge in [-0.2, -0.15) is 52.7 Å². The van der Waals surface area contributed by atoms with E-state index in [1.807, 2.05) is 0 Å².